The summed E-state index contributed by atoms with van der Waals surface area (Å²) in [5, 5.41) is 7.21. The number of halogens is 1. The molecule has 2 aliphatic rings. The number of carbonyl (C=O) groups is 2. The van der Waals surface area contributed by atoms with Crippen LogP contribution in [-0.4, -0.2) is 41.3 Å². The van der Waals surface area contributed by atoms with Gasteiger partial charge in [-0.15, -0.1) is 0 Å². The normalized spacial score (nSPS) is 20.1. The summed E-state index contributed by atoms with van der Waals surface area (Å²) >= 11 is 0. The van der Waals surface area contributed by atoms with Crippen LogP contribution in [0.3, 0.4) is 0 Å². The zero-order chi connectivity index (χ0) is 22.2. The fourth-order valence-electron chi connectivity index (χ4n) is 4.46. The Morgan fingerprint density at radius 3 is 2.81 bits per heavy atom. The first-order valence-corrected chi connectivity index (χ1v) is 10.7. The van der Waals surface area contributed by atoms with E-state index >= 15 is 0 Å². The topological polar surface area (TPSA) is 76.5 Å². The number of likely N-dealkylation sites (N-methyl/N-ethyl adjacent to an activating group) is 1. The Morgan fingerprint density at radius 2 is 1.97 bits per heavy atom. The van der Waals surface area contributed by atoms with Crippen LogP contribution < -0.4 is 15.0 Å². The molecule has 1 N–H and O–H groups in total. The lowest BCUT2D eigenvalue weighted by molar-refractivity contribution is -0.120. The van der Waals surface area contributed by atoms with Crippen LogP contribution in [0.1, 0.15) is 40.5 Å². The van der Waals surface area contributed by atoms with E-state index in [-0.39, 0.29) is 29.9 Å². The summed E-state index contributed by atoms with van der Waals surface area (Å²) in [4.78, 5) is 27.4. The van der Waals surface area contributed by atoms with Gasteiger partial charge in [0.05, 0.1) is 5.69 Å². The molecular weight excluding hydrogens is 411 g/mol. The maximum atomic E-state index is 14.4. The number of anilines is 1. The Balaban J connectivity index is 1.37. The smallest absolute Gasteiger partial charge is 0.272 e. The minimum Gasteiger partial charge on any atom is -0.489 e. The van der Waals surface area contributed by atoms with E-state index in [1.54, 1.807) is 42.1 Å². The van der Waals surface area contributed by atoms with Gasteiger partial charge in [-0.3, -0.25) is 14.3 Å². The average molecular weight is 434 g/mol. The maximum absolute atomic E-state index is 14.4. The quantitative estimate of drug-likeness (QED) is 0.687. The van der Waals surface area contributed by atoms with Gasteiger partial charge in [0.15, 0.2) is 0 Å². The van der Waals surface area contributed by atoms with Crippen LogP contribution in [0.15, 0.2) is 54.6 Å². The van der Waals surface area contributed by atoms with Crippen molar-refractivity contribution in [3.63, 3.8) is 0 Å². The molecule has 8 heteroatoms. The lowest BCUT2D eigenvalue weighted by atomic mass is 9.88. The highest BCUT2D eigenvalue weighted by molar-refractivity contribution is 6.02. The number of hydrogen-bond donors (Lipinski definition) is 1. The van der Waals surface area contributed by atoms with Crippen LogP contribution in [-0.2, 0) is 11.3 Å². The molecule has 0 bridgehead atoms. The van der Waals surface area contributed by atoms with Crippen molar-refractivity contribution in [3.05, 3.63) is 77.4 Å². The predicted molar refractivity (Wildman–Crippen MR) is 116 cm³/mol. The molecule has 0 aliphatic carbocycles. The monoisotopic (exact) mass is 434 g/mol. The number of nitrogens with zero attached hydrogens (tertiary/aromatic N) is 3. The molecule has 0 fully saturated rings. The molecule has 2 amide bonds. The minimum absolute atomic E-state index is 0.0251. The van der Waals surface area contributed by atoms with Crippen molar-refractivity contribution < 1.29 is 18.7 Å². The number of nitrogens with one attached hydrogen (secondary N) is 1. The number of carbonyl (C=O) groups excluding carboxylic acids is 2. The lowest BCUT2D eigenvalue weighted by Gasteiger charge is -2.24. The standard InChI is InChI=1S/C24H23FN4O3/c1-28-20-10-4-5-11-22(20)32-14-19(24(28)31)26-23(30)18-13-21-16(8-6-12-29(21)27-18)15-7-2-3-9-17(15)25/h2-5,7,9-11,13,16,19H,6,8,12,14H2,1H3,(H,26,30)/t16-,19-/m0/s1. The molecule has 164 valence electrons. The van der Waals surface area contributed by atoms with Gasteiger partial charge in [0.25, 0.3) is 11.8 Å². The Bertz CT molecular complexity index is 1190. The number of benzene rings is 2. The van der Waals surface area contributed by atoms with Gasteiger partial charge in [-0.2, -0.15) is 5.10 Å². The zero-order valence-electron chi connectivity index (χ0n) is 17.6. The van der Waals surface area contributed by atoms with Gasteiger partial charge in [-0.25, -0.2) is 4.39 Å². The molecule has 2 atom stereocenters. The fourth-order valence-corrected chi connectivity index (χ4v) is 4.46. The summed E-state index contributed by atoms with van der Waals surface area (Å²) in [5.41, 5.74) is 2.27. The highest BCUT2D eigenvalue weighted by atomic mass is 19.1. The molecule has 0 radical (unpaired) electrons. The third kappa shape index (κ3) is 3.51. The Labute approximate surface area is 184 Å². The second-order valence-electron chi connectivity index (χ2n) is 8.10. The molecule has 2 aliphatic heterocycles. The van der Waals surface area contributed by atoms with E-state index in [0.29, 0.717) is 23.5 Å². The van der Waals surface area contributed by atoms with Gasteiger partial charge in [-0.05, 0) is 42.7 Å². The molecule has 0 saturated heterocycles. The molecule has 3 aromatic rings. The number of aromatic nitrogens is 2. The summed E-state index contributed by atoms with van der Waals surface area (Å²) < 4.78 is 21.9. The van der Waals surface area contributed by atoms with E-state index in [1.807, 2.05) is 18.2 Å². The second-order valence-corrected chi connectivity index (χ2v) is 8.10. The van der Waals surface area contributed by atoms with Crippen molar-refractivity contribution in [2.45, 2.75) is 31.3 Å². The van der Waals surface area contributed by atoms with E-state index in [4.69, 9.17) is 4.74 Å². The van der Waals surface area contributed by atoms with E-state index in [2.05, 4.69) is 10.4 Å². The summed E-state index contributed by atoms with van der Waals surface area (Å²) in [6, 6.07) is 14.8. The number of aryl methyl sites for hydroxylation is 1. The Kier molecular flexibility index (Phi) is 5.13. The molecule has 0 saturated carbocycles. The van der Waals surface area contributed by atoms with Crippen molar-refractivity contribution in [1.29, 1.82) is 0 Å². The summed E-state index contributed by atoms with van der Waals surface area (Å²) in [6.07, 6.45) is 1.62. The third-order valence-corrected chi connectivity index (χ3v) is 6.11. The van der Waals surface area contributed by atoms with Gasteiger partial charge in [0, 0.05) is 25.2 Å². The lowest BCUT2D eigenvalue weighted by Crippen LogP contribution is -2.49. The third-order valence-electron chi connectivity index (χ3n) is 6.11. The number of hydrogen-bond acceptors (Lipinski definition) is 4. The highest BCUT2D eigenvalue weighted by Gasteiger charge is 2.32. The van der Waals surface area contributed by atoms with Gasteiger partial charge < -0.3 is 15.0 Å². The second kappa shape index (κ2) is 8.11. The van der Waals surface area contributed by atoms with Crippen molar-refractivity contribution in [2.24, 2.45) is 0 Å². The van der Waals surface area contributed by atoms with E-state index in [1.165, 1.54) is 11.0 Å². The van der Waals surface area contributed by atoms with Crippen molar-refractivity contribution in [1.82, 2.24) is 15.1 Å². The van der Waals surface area contributed by atoms with Crippen molar-refractivity contribution in [3.8, 4) is 5.75 Å². The van der Waals surface area contributed by atoms with Crippen LogP contribution in [0.25, 0.3) is 0 Å². The van der Waals surface area contributed by atoms with Crippen LogP contribution in [0.5, 0.6) is 5.75 Å². The Morgan fingerprint density at radius 1 is 1.19 bits per heavy atom. The largest absolute Gasteiger partial charge is 0.489 e. The molecule has 2 aromatic carbocycles. The van der Waals surface area contributed by atoms with E-state index < -0.39 is 11.9 Å². The van der Waals surface area contributed by atoms with Gasteiger partial charge in [0.1, 0.15) is 29.9 Å². The molecule has 0 unspecified atom stereocenters. The molecule has 5 rings (SSSR count). The summed E-state index contributed by atoms with van der Waals surface area (Å²) in [5.74, 6) is -0.563. The number of para-hydroxylation sites is 2. The van der Waals surface area contributed by atoms with Crippen molar-refractivity contribution in [2.75, 3.05) is 18.6 Å². The molecule has 1 aromatic heterocycles. The molecular formula is C24H23FN4O3. The number of fused-ring (bicyclic) bond motifs is 2. The molecule has 7 nitrogen and oxygen atoms in total. The van der Waals surface area contributed by atoms with E-state index in [9.17, 15) is 14.0 Å². The first-order chi connectivity index (χ1) is 15.5. The minimum atomic E-state index is -0.846. The Hall–Kier alpha value is -3.68. The fraction of sp³-hybridized carbons (Fsp3) is 0.292. The van der Waals surface area contributed by atoms with Crippen LogP contribution in [0, 0.1) is 5.82 Å². The number of amides is 2. The number of ether oxygens (including phenoxy) is 1. The molecule has 3 heterocycles. The summed E-state index contributed by atoms with van der Waals surface area (Å²) in [7, 11) is 1.66. The SMILES string of the molecule is CN1C(=O)[C@@H](NC(=O)c2cc3n(n2)CCC[C@H]3c2ccccc2F)COc2ccccc21. The molecule has 32 heavy (non-hydrogen) atoms. The van der Waals surface area contributed by atoms with Crippen molar-refractivity contribution >= 4 is 17.5 Å². The maximum Gasteiger partial charge on any atom is 0.272 e. The van der Waals surface area contributed by atoms with Crippen LogP contribution in [0.4, 0.5) is 10.1 Å². The first kappa shape index (κ1) is 20.2. The highest BCUT2D eigenvalue weighted by Crippen LogP contribution is 2.35. The van der Waals surface area contributed by atoms with Gasteiger partial charge >= 0.3 is 0 Å². The zero-order valence-corrected chi connectivity index (χ0v) is 17.6. The number of rotatable bonds is 3. The summed E-state index contributed by atoms with van der Waals surface area (Å²) in [6.45, 7) is 0.689. The molecule has 0 spiro atoms. The first-order valence-electron chi connectivity index (χ1n) is 10.7. The predicted octanol–water partition coefficient (Wildman–Crippen LogP) is 3.10. The van der Waals surface area contributed by atoms with Gasteiger partial charge in [-0.1, -0.05) is 30.3 Å². The average Bonchev–Trinajstić information content (AvgIpc) is 3.22. The van der Waals surface area contributed by atoms with Gasteiger partial charge in [0.2, 0.25) is 0 Å². The van der Waals surface area contributed by atoms with Crippen LogP contribution >= 0.6 is 0 Å². The van der Waals surface area contributed by atoms with E-state index in [0.717, 1.165) is 18.5 Å². The van der Waals surface area contributed by atoms with Crippen LogP contribution in [0.2, 0.25) is 0 Å².